The molecule has 7 nitrogen and oxygen atoms in total. The van der Waals surface area contributed by atoms with Gasteiger partial charge in [-0.2, -0.15) is 0 Å². The van der Waals surface area contributed by atoms with Crippen molar-refractivity contribution in [2.24, 2.45) is 10.4 Å². The van der Waals surface area contributed by atoms with Gasteiger partial charge in [-0.15, -0.1) is 0 Å². The summed E-state index contributed by atoms with van der Waals surface area (Å²) in [6.07, 6.45) is 2.58. The number of nitro groups is 1. The molecule has 0 saturated carbocycles. The number of benzene rings is 2. The smallest absolute Gasteiger partial charge is 0.271 e. The number of non-ortho nitro benzene ring substituents is 1. The molecular weight excluding hydrogens is 457 g/mol. The lowest BCUT2D eigenvalue weighted by Gasteiger charge is -2.35. The maximum absolute atomic E-state index is 13.5. The summed E-state index contributed by atoms with van der Waals surface area (Å²) in [6.45, 7) is 4.02. The molecule has 0 N–H and O–H groups in total. The zero-order valence-electron chi connectivity index (χ0n) is 18.4. The number of halogens is 1. The molecule has 1 aromatic heterocycles. The molecule has 2 aliphatic rings. The molecule has 0 saturated heterocycles. The van der Waals surface area contributed by atoms with Crippen LogP contribution in [0.1, 0.15) is 43.9 Å². The van der Waals surface area contributed by atoms with Crippen LogP contribution in [0.15, 0.2) is 69.6 Å². The molecule has 1 aliphatic carbocycles. The second-order valence-corrected chi connectivity index (χ2v) is 10.3. The first-order valence-corrected chi connectivity index (χ1v) is 11.5. The Bertz CT molecular complexity index is 1550. The van der Waals surface area contributed by atoms with Crippen LogP contribution < -0.4 is 14.9 Å². The number of fused-ring (bicyclic) bond motifs is 1. The van der Waals surface area contributed by atoms with E-state index in [0.29, 0.717) is 44.6 Å². The van der Waals surface area contributed by atoms with E-state index >= 15 is 0 Å². The minimum atomic E-state index is -0.717. The van der Waals surface area contributed by atoms with E-state index in [1.165, 1.54) is 40.2 Å². The predicted molar refractivity (Wildman–Crippen MR) is 126 cm³/mol. The summed E-state index contributed by atoms with van der Waals surface area (Å²) >= 11 is 1.21. The van der Waals surface area contributed by atoms with Crippen molar-refractivity contribution in [3.05, 3.63) is 107 Å². The number of rotatable bonds is 3. The van der Waals surface area contributed by atoms with Gasteiger partial charge in [0.15, 0.2) is 10.6 Å². The minimum Gasteiger partial charge on any atom is -0.294 e. The zero-order valence-corrected chi connectivity index (χ0v) is 19.3. The largest absolute Gasteiger partial charge is 0.294 e. The molecule has 172 valence electrons. The van der Waals surface area contributed by atoms with Crippen LogP contribution in [0.3, 0.4) is 0 Å². The number of nitrogens with zero attached hydrogens (tertiary/aromatic N) is 3. The fourth-order valence-corrected chi connectivity index (χ4v) is 5.57. The van der Waals surface area contributed by atoms with E-state index in [-0.39, 0.29) is 28.3 Å². The molecule has 9 heteroatoms. The van der Waals surface area contributed by atoms with Crippen molar-refractivity contribution in [1.29, 1.82) is 0 Å². The van der Waals surface area contributed by atoms with Gasteiger partial charge in [-0.3, -0.25) is 24.3 Å². The van der Waals surface area contributed by atoms with Crippen LogP contribution in [0.5, 0.6) is 0 Å². The van der Waals surface area contributed by atoms with Gasteiger partial charge in [0, 0.05) is 24.1 Å². The normalized spacial score (nSPS) is 19.4. The maximum Gasteiger partial charge on any atom is 0.271 e. The van der Waals surface area contributed by atoms with Crippen LogP contribution in [-0.2, 0) is 4.79 Å². The third-order valence-corrected chi connectivity index (χ3v) is 7.07. The number of hydrogen-bond acceptors (Lipinski definition) is 6. The molecule has 5 rings (SSSR count). The van der Waals surface area contributed by atoms with Crippen molar-refractivity contribution in [2.45, 2.75) is 32.7 Å². The number of allylic oxidation sites excluding steroid dienone is 2. The van der Waals surface area contributed by atoms with E-state index in [1.54, 1.807) is 30.3 Å². The number of nitro benzene ring substituents is 1. The molecule has 2 heterocycles. The molecule has 34 heavy (non-hydrogen) atoms. The second kappa shape index (κ2) is 7.95. The topological polar surface area (TPSA) is 94.6 Å². The first kappa shape index (κ1) is 22.1. The Hall–Kier alpha value is -3.72. The van der Waals surface area contributed by atoms with Gasteiger partial charge in [-0.25, -0.2) is 9.38 Å². The van der Waals surface area contributed by atoms with Crippen molar-refractivity contribution in [3.63, 3.8) is 0 Å². The fourth-order valence-electron chi connectivity index (χ4n) is 4.55. The van der Waals surface area contributed by atoms with Gasteiger partial charge < -0.3 is 0 Å². The Morgan fingerprint density at radius 2 is 1.79 bits per heavy atom. The fraction of sp³-hybridized carbons (Fsp3) is 0.240. The lowest BCUT2D eigenvalue weighted by Crippen LogP contribution is -2.42. The van der Waals surface area contributed by atoms with Gasteiger partial charge in [0.05, 0.1) is 21.2 Å². The molecule has 0 amide bonds. The Morgan fingerprint density at radius 3 is 2.44 bits per heavy atom. The van der Waals surface area contributed by atoms with Crippen LogP contribution in [-0.4, -0.2) is 15.3 Å². The Kier molecular flexibility index (Phi) is 5.16. The molecule has 0 radical (unpaired) electrons. The molecule has 1 unspecified atom stereocenters. The molecule has 0 bridgehead atoms. The molecular formula is C25H20FN3O4S. The van der Waals surface area contributed by atoms with Crippen molar-refractivity contribution < 1.29 is 14.1 Å². The van der Waals surface area contributed by atoms with E-state index < -0.39 is 11.0 Å². The van der Waals surface area contributed by atoms with Crippen LogP contribution >= 0.6 is 11.3 Å². The molecule has 3 aromatic rings. The molecule has 2 aromatic carbocycles. The SMILES string of the molecule is CC1(C)CC(=O)C2=C(C1)N=c1sc(=Cc3ccc(F)cc3)c(=O)n1C2c1ccc([N+](=O)[O-])cc1. The van der Waals surface area contributed by atoms with E-state index in [0.717, 1.165) is 0 Å². The van der Waals surface area contributed by atoms with Crippen LogP contribution in [0, 0.1) is 21.3 Å². The summed E-state index contributed by atoms with van der Waals surface area (Å²) in [5.41, 5.74) is 1.74. The highest BCUT2D eigenvalue weighted by Gasteiger charge is 2.40. The summed E-state index contributed by atoms with van der Waals surface area (Å²) in [7, 11) is 0. The number of carbonyl (C=O) groups excluding carboxylic acids is 1. The highest BCUT2D eigenvalue weighted by molar-refractivity contribution is 7.07. The molecule has 1 aliphatic heterocycles. The zero-order chi connectivity index (χ0) is 24.2. The lowest BCUT2D eigenvalue weighted by atomic mass is 9.73. The molecule has 1 atom stereocenters. The van der Waals surface area contributed by atoms with E-state index in [1.807, 2.05) is 13.8 Å². The van der Waals surface area contributed by atoms with Crippen LogP contribution in [0.2, 0.25) is 0 Å². The van der Waals surface area contributed by atoms with Crippen molar-refractivity contribution in [1.82, 2.24) is 4.57 Å². The number of carbonyl (C=O) groups is 1. The standard InChI is InChI=1S/C25H20FN3O4S/c1-25(2)12-18-21(19(30)13-25)22(15-5-9-17(10-6-15)29(32)33)28-23(31)20(34-24(28)27-18)11-14-3-7-16(26)8-4-14/h3-11,22H,12-13H2,1-2H3. The first-order valence-electron chi connectivity index (χ1n) is 10.7. The Labute approximate surface area is 197 Å². The molecule has 0 fully saturated rings. The summed E-state index contributed by atoms with van der Waals surface area (Å²) in [5, 5.41) is 11.1. The average molecular weight is 478 g/mol. The van der Waals surface area contributed by atoms with Gasteiger partial charge in [0.25, 0.3) is 11.2 Å². The van der Waals surface area contributed by atoms with Crippen molar-refractivity contribution in [2.75, 3.05) is 0 Å². The Balaban J connectivity index is 1.74. The second-order valence-electron chi connectivity index (χ2n) is 9.28. The first-order chi connectivity index (χ1) is 16.1. The third kappa shape index (κ3) is 3.81. The summed E-state index contributed by atoms with van der Waals surface area (Å²) in [4.78, 5) is 42.6. The maximum atomic E-state index is 13.5. The molecule has 0 spiro atoms. The van der Waals surface area contributed by atoms with Gasteiger partial charge in [0.1, 0.15) is 5.82 Å². The van der Waals surface area contributed by atoms with Gasteiger partial charge in [-0.1, -0.05) is 37.3 Å². The number of Topliss-reactive ketones (excluding diaryl/α,β-unsaturated/α-hetero) is 1. The Morgan fingerprint density at radius 1 is 1.12 bits per heavy atom. The van der Waals surface area contributed by atoms with Gasteiger partial charge in [-0.05, 0) is 53.3 Å². The summed E-state index contributed by atoms with van der Waals surface area (Å²) < 4.78 is 15.2. The van der Waals surface area contributed by atoms with Crippen molar-refractivity contribution in [3.8, 4) is 0 Å². The van der Waals surface area contributed by atoms with Gasteiger partial charge in [0.2, 0.25) is 0 Å². The third-order valence-electron chi connectivity index (χ3n) is 6.08. The van der Waals surface area contributed by atoms with E-state index in [2.05, 4.69) is 0 Å². The predicted octanol–water partition coefficient (Wildman–Crippen LogP) is 3.65. The average Bonchev–Trinajstić information content (AvgIpc) is 3.08. The summed E-state index contributed by atoms with van der Waals surface area (Å²) in [5.74, 6) is -0.447. The quantitative estimate of drug-likeness (QED) is 0.425. The number of ketones is 1. The van der Waals surface area contributed by atoms with Crippen LogP contribution in [0.25, 0.3) is 6.08 Å². The number of thiazole rings is 1. The number of hydrogen-bond donors (Lipinski definition) is 0. The van der Waals surface area contributed by atoms with Crippen molar-refractivity contribution >= 4 is 28.9 Å². The highest BCUT2D eigenvalue weighted by Crippen LogP contribution is 2.43. The highest BCUT2D eigenvalue weighted by atomic mass is 32.1. The monoisotopic (exact) mass is 477 g/mol. The lowest BCUT2D eigenvalue weighted by molar-refractivity contribution is -0.384. The minimum absolute atomic E-state index is 0.0715. The number of aromatic nitrogens is 1. The van der Waals surface area contributed by atoms with E-state index in [4.69, 9.17) is 4.99 Å². The van der Waals surface area contributed by atoms with E-state index in [9.17, 15) is 24.1 Å². The van der Waals surface area contributed by atoms with Crippen LogP contribution in [0.4, 0.5) is 10.1 Å². The summed E-state index contributed by atoms with van der Waals surface area (Å²) in [6, 6.07) is 11.0. The van der Waals surface area contributed by atoms with Gasteiger partial charge >= 0.3 is 0 Å².